The summed E-state index contributed by atoms with van der Waals surface area (Å²) >= 11 is 0. The van der Waals surface area contributed by atoms with Crippen LogP contribution >= 0.6 is 0 Å². The Morgan fingerprint density at radius 1 is 1.16 bits per heavy atom. The fourth-order valence-corrected chi connectivity index (χ4v) is 1.72. The summed E-state index contributed by atoms with van der Waals surface area (Å²) < 4.78 is 0. The van der Waals surface area contributed by atoms with Gasteiger partial charge in [0.25, 0.3) is 0 Å². The molecule has 2 aromatic rings. The average Bonchev–Trinajstić information content (AvgIpc) is 2.39. The molecule has 0 atom stereocenters. The van der Waals surface area contributed by atoms with Gasteiger partial charge in [0.05, 0.1) is 11.3 Å². The second-order valence-electron chi connectivity index (χ2n) is 3.96. The Bertz CT molecular complexity index is 621. The molecule has 5 heteroatoms. The van der Waals surface area contributed by atoms with Crippen LogP contribution in [-0.4, -0.2) is 22.0 Å². The predicted molar refractivity (Wildman–Crippen MR) is 70.9 cm³/mol. The van der Waals surface area contributed by atoms with Gasteiger partial charge in [0.15, 0.2) is 0 Å². The van der Waals surface area contributed by atoms with Crippen molar-refractivity contribution in [2.45, 2.75) is 6.92 Å². The molecule has 0 aliphatic carbocycles. The third kappa shape index (κ3) is 2.95. The molecule has 2 rings (SSSR count). The van der Waals surface area contributed by atoms with E-state index in [9.17, 15) is 9.59 Å². The topological polar surface area (TPSA) is 79.3 Å². The molecule has 0 saturated heterocycles. The molecule has 0 saturated carbocycles. The van der Waals surface area contributed by atoms with Gasteiger partial charge in [-0.15, -0.1) is 0 Å². The van der Waals surface area contributed by atoms with Gasteiger partial charge in [-0.05, 0) is 24.3 Å². The Morgan fingerprint density at radius 3 is 2.42 bits per heavy atom. The molecule has 1 aromatic carbocycles. The first-order valence-corrected chi connectivity index (χ1v) is 5.64. The van der Waals surface area contributed by atoms with Gasteiger partial charge in [0.1, 0.15) is 0 Å². The SMILES string of the molecule is CC(=O)Nc1ccc(-c2ncccc2C(=O)O)cc1. The lowest BCUT2D eigenvalue weighted by Crippen LogP contribution is -2.05. The molecule has 1 heterocycles. The van der Waals surface area contributed by atoms with Crippen molar-refractivity contribution in [3.8, 4) is 11.3 Å². The number of nitrogens with zero attached hydrogens (tertiary/aromatic N) is 1. The highest BCUT2D eigenvalue weighted by Crippen LogP contribution is 2.22. The van der Waals surface area contributed by atoms with Crippen molar-refractivity contribution < 1.29 is 14.7 Å². The van der Waals surface area contributed by atoms with Crippen LogP contribution in [0.4, 0.5) is 5.69 Å². The summed E-state index contributed by atoms with van der Waals surface area (Å²) in [4.78, 5) is 26.1. The number of carboxylic acids is 1. The molecule has 96 valence electrons. The molecule has 0 spiro atoms. The Morgan fingerprint density at radius 2 is 1.84 bits per heavy atom. The fraction of sp³-hybridized carbons (Fsp3) is 0.0714. The molecule has 0 unspecified atom stereocenters. The van der Waals surface area contributed by atoms with Crippen LogP contribution in [0.25, 0.3) is 11.3 Å². The van der Waals surface area contributed by atoms with Crippen molar-refractivity contribution in [1.29, 1.82) is 0 Å². The lowest BCUT2D eigenvalue weighted by Gasteiger charge is -2.06. The van der Waals surface area contributed by atoms with Crippen LogP contribution in [0.5, 0.6) is 0 Å². The van der Waals surface area contributed by atoms with Gasteiger partial charge in [-0.2, -0.15) is 0 Å². The van der Waals surface area contributed by atoms with Crippen molar-refractivity contribution in [3.05, 3.63) is 48.2 Å². The maximum atomic E-state index is 11.1. The monoisotopic (exact) mass is 256 g/mol. The number of amides is 1. The molecule has 0 fully saturated rings. The third-order valence-corrected chi connectivity index (χ3v) is 2.52. The summed E-state index contributed by atoms with van der Waals surface area (Å²) in [5.41, 5.74) is 1.90. The van der Waals surface area contributed by atoms with Crippen LogP contribution in [0, 0.1) is 0 Å². The molecule has 5 nitrogen and oxygen atoms in total. The zero-order valence-corrected chi connectivity index (χ0v) is 10.3. The number of aromatic nitrogens is 1. The number of anilines is 1. The number of benzene rings is 1. The Hall–Kier alpha value is -2.69. The molecular formula is C14H12N2O3. The summed E-state index contributed by atoms with van der Waals surface area (Å²) in [6.07, 6.45) is 1.55. The van der Waals surface area contributed by atoms with Crippen molar-refractivity contribution in [1.82, 2.24) is 4.98 Å². The van der Waals surface area contributed by atoms with E-state index in [-0.39, 0.29) is 11.5 Å². The zero-order chi connectivity index (χ0) is 13.8. The maximum absolute atomic E-state index is 11.1. The quantitative estimate of drug-likeness (QED) is 0.883. The second kappa shape index (κ2) is 5.30. The van der Waals surface area contributed by atoms with Gasteiger partial charge in [-0.3, -0.25) is 9.78 Å². The Kier molecular flexibility index (Phi) is 3.56. The summed E-state index contributed by atoms with van der Waals surface area (Å²) in [5, 5.41) is 11.7. The number of carbonyl (C=O) groups is 2. The van der Waals surface area contributed by atoms with Crippen molar-refractivity contribution >= 4 is 17.6 Å². The highest BCUT2D eigenvalue weighted by atomic mass is 16.4. The normalized spacial score (nSPS) is 9.95. The number of nitrogens with one attached hydrogen (secondary N) is 1. The van der Waals surface area contributed by atoms with Gasteiger partial charge in [-0.1, -0.05) is 12.1 Å². The van der Waals surface area contributed by atoms with Crippen molar-refractivity contribution in [3.63, 3.8) is 0 Å². The minimum Gasteiger partial charge on any atom is -0.478 e. The van der Waals surface area contributed by atoms with E-state index >= 15 is 0 Å². The highest BCUT2D eigenvalue weighted by molar-refractivity contribution is 5.95. The second-order valence-corrected chi connectivity index (χ2v) is 3.96. The number of hydrogen-bond acceptors (Lipinski definition) is 3. The molecule has 0 aliphatic heterocycles. The number of hydrogen-bond donors (Lipinski definition) is 2. The molecule has 0 bridgehead atoms. The fourth-order valence-electron chi connectivity index (χ4n) is 1.72. The molecule has 1 aromatic heterocycles. The first-order valence-electron chi connectivity index (χ1n) is 5.64. The average molecular weight is 256 g/mol. The van der Waals surface area contributed by atoms with E-state index in [0.717, 1.165) is 0 Å². The zero-order valence-electron chi connectivity index (χ0n) is 10.3. The summed E-state index contributed by atoms with van der Waals surface area (Å²) in [6.45, 7) is 1.43. The van der Waals surface area contributed by atoms with Crippen LogP contribution in [0.1, 0.15) is 17.3 Å². The molecule has 0 aliphatic rings. The Balaban J connectivity index is 2.37. The lowest BCUT2D eigenvalue weighted by atomic mass is 10.1. The summed E-state index contributed by atoms with van der Waals surface area (Å²) in [5.74, 6) is -1.18. The molecule has 19 heavy (non-hydrogen) atoms. The van der Waals surface area contributed by atoms with Crippen LogP contribution in [0.2, 0.25) is 0 Å². The number of rotatable bonds is 3. The van der Waals surface area contributed by atoms with E-state index in [2.05, 4.69) is 10.3 Å². The van der Waals surface area contributed by atoms with Crippen LogP contribution in [-0.2, 0) is 4.79 Å². The lowest BCUT2D eigenvalue weighted by molar-refractivity contribution is -0.114. The van der Waals surface area contributed by atoms with Gasteiger partial charge < -0.3 is 10.4 Å². The predicted octanol–water partition coefficient (Wildman–Crippen LogP) is 2.41. The number of carboxylic acid groups (broad SMARTS) is 1. The highest BCUT2D eigenvalue weighted by Gasteiger charge is 2.12. The molecule has 2 N–H and O–H groups in total. The summed E-state index contributed by atoms with van der Waals surface area (Å²) in [7, 11) is 0. The van der Waals surface area contributed by atoms with E-state index in [1.807, 2.05) is 0 Å². The van der Waals surface area contributed by atoms with Gasteiger partial charge >= 0.3 is 5.97 Å². The molecule has 1 amide bonds. The first-order chi connectivity index (χ1) is 9.08. The molecule has 0 radical (unpaired) electrons. The standard InChI is InChI=1S/C14H12N2O3/c1-9(17)16-11-6-4-10(5-7-11)13-12(14(18)19)3-2-8-15-13/h2-8H,1H3,(H,16,17)(H,18,19). The minimum absolute atomic E-state index is 0.148. The van der Waals surface area contributed by atoms with Gasteiger partial charge in [-0.25, -0.2) is 4.79 Å². The van der Waals surface area contributed by atoms with Crippen LogP contribution < -0.4 is 5.32 Å². The Labute approximate surface area is 109 Å². The van der Waals surface area contributed by atoms with Gasteiger partial charge in [0, 0.05) is 24.4 Å². The van der Waals surface area contributed by atoms with Crippen molar-refractivity contribution in [2.24, 2.45) is 0 Å². The number of carbonyl (C=O) groups excluding carboxylic acids is 1. The smallest absolute Gasteiger partial charge is 0.337 e. The number of pyridine rings is 1. The maximum Gasteiger partial charge on any atom is 0.337 e. The largest absolute Gasteiger partial charge is 0.478 e. The van der Waals surface area contributed by atoms with E-state index < -0.39 is 5.97 Å². The molecular weight excluding hydrogens is 244 g/mol. The summed E-state index contributed by atoms with van der Waals surface area (Å²) in [6, 6.07) is 9.94. The van der Waals surface area contributed by atoms with E-state index in [0.29, 0.717) is 16.9 Å². The minimum atomic E-state index is -1.02. The van der Waals surface area contributed by atoms with E-state index in [4.69, 9.17) is 5.11 Å². The van der Waals surface area contributed by atoms with Crippen molar-refractivity contribution in [2.75, 3.05) is 5.32 Å². The number of aromatic carboxylic acids is 1. The van der Waals surface area contributed by atoms with Gasteiger partial charge in [0.2, 0.25) is 5.91 Å². The van der Waals surface area contributed by atoms with E-state index in [1.54, 1.807) is 36.5 Å². The first kappa shape index (κ1) is 12.8. The van der Waals surface area contributed by atoms with Crippen LogP contribution in [0.3, 0.4) is 0 Å². The van der Waals surface area contributed by atoms with Crippen LogP contribution in [0.15, 0.2) is 42.6 Å². The third-order valence-electron chi connectivity index (χ3n) is 2.52. The van der Waals surface area contributed by atoms with E-state index in [1.165, 1.54) is 13.0 Å².